The molecule has 0 radical (unpaired) electrons. The van der Waals surface area contributed by atoms with Gasteiger partial charge in [-0.3, -0.25) is 4.79 Å². The Balaban J connectivity index is 1.53. The predicted molar refractivity (Wildman–Crippen MR) is 76.0 cm³/mol. The Morgan fingerprint density at radius 1 is 1.45 bits per heavy atom. The number of carbonyl (C=O) groups excluding carboxylic acids is 1. The summed E-state index contributed by atoms with van der Waals surface area (Å²) in [6, 6.07) is 8.07. The van der Waals surface area contributed by atoms with Crippen LogP contribution in [0.2, 0.25) is 0 Å². The van der Waals surface area contributed by atoms with E-state index in [9.17, 15) is 4.79 Å². The number of nitrogens with zero attached hydrogens (tertiary/aromatic N) is 1. The van der Waals surface area contributed by atoms with Crippen molar-refractivity contribution in [1.29, 1.82) is 0 Å². The number of rotatable bonds is 4. The second-order valence-corrected chi connectivity index (χ2v) is 5.87. The zero-order chi connectivity index (χ0) is 14.1. The molecule has 1 saturated carbocycles. The number of carbonyl (C=O) groups is 1. The van der Waals surface area contributed by atoms with Crippen LogP contribution < -0.4 is 0 Å². The van der Waals surface area contributed by atoms with Crippen molar-refractivity contribution in [1.82, 2.24) is 4.98 Å². The van der Waals surface area contributed by atoms with Crippen molar-refractivity contribution in [3.05, 3.63) is 52.1 Å². The highest BCUT2D eigenvalue weighted by Crippen LogP contribution is 2.48. The molecule has 1 aliphatic rings. The lowest BCUT2D eigenvalue weighted by Crippen LogP contribution is -2.07. The molecule has 0 amide bonds. The molecule has 3 rings (SSSR count). The van der Waals surface area contributed by atoms with Crippen molar-refractivity contribution >= 4 is 21.9 Å². The van der Waals surface area contributed by atoms with Gasteiger partial charge in [0.25, 0.3) is 0 Å². The molecule has 1 aliphatic carbocycles. The first-order valence-electron chi connectivity index (χ1n) is 6.47. The van der Waals surface area contributed by atoms with Crippen LogP contribution >= 0.6 is 15.9 Å². The highest BCUT2D eigenvalue weighted by molar-refractivity contribution is 9.10. The van der Waals surface area contributed by atoms with Crippen LogP contribution in [-0.2, 0) is 16.1 Å². The topological polar surface area (TPSA) is 52.3 Å². The van der Waals surface area contributed by atoms with Gasteiger partial charge in [0.2, 0.25) is 0 Å². The number of aryl methyl sites for hydroxylation is 1. The van der Waals surface area contributed by atoms with Crippen LogP contribution in [0.3, 0.4) is 0 Å². The van der Waals surface area contributed by atoms with Gasteiger partial charge >= 0.3 is 5.97 Å². The van der Waals surface area contributed by atoms with E-state index >= 15 is 0 Å². The molecule has 2 aromatic rings. The first kappa shape index (κ1) is 13.4. The van der Waals surface area contributed by atoms with Crippen molar-refractivity contribution in [2.45, 2.75) is 25.9 Å². The van der Waals surface area contributed by atoms with E-state index in [1.807, 2.05) is 24.3 Å². The molecule has 1 fully saturated rings. The van der Waals surface area contributed by atoms with Gasteiger partial charge < -0.3 is 9.15 Å². The zero-order valence-corrected chi connectivity index (χ0v) is 12.6. The third-order valence-corrected chi connectivity index (χ3v) is 3.95. The minimum atomic E-state index is -0.160. The second kappa shape index (κ2) is 5.40. The third kappa shape index (κ3) is 2.93. The van der Waals surface area contributed by atoms with E-state index in [0.717, 1.165) is 10.9 Å². The largest absolute Gasteiger partial charge is 0.457 e. The maximum Gasteiger partial charge on any atom is 0.310 e. The summed E-state index contributed by atoms with van der Waals surface area (Å²) < 4.78 is 11.6. The number of oxazole rings is 1. The van der Waals surface area contributed by atoms with E-state index in [-0.39, 0.29) is 24.4 Å². The van der Waals surface area contributed by atoms with Gasteiger partial charge in [0, 0.05) is 11.4 Å². The molecule has 0 aliphatic heterocycles. The lowest BCUT2D eigenvalue weighted by atomic mass is 10.1. The van der Waals surface area contributed by atoms with Crippen LogP contribution in [0.15, 0.2) is 39.4 Å². The summed E-state index contributed by atoms with van der Waals surface area (Å²) >= 11 is 3.40. The van der Waals surface area contributed by atoms with Crippen LogP contribution in [0.25, 0.3) is 0 Å². The fourth-order valence-corrected chi connectivity index (χ4v) is 2.52. The second-order valence-electron chi connectivity index (χ2n) is 4.95. The van der Waals surface area contributed by atoms with E-state index in [4.69, 9.17) is 9.15 Å². The number of hydrogen-bond donors (Lipinski definition) is 0. The van der Waals surface area contributed by atoms with Gasteiger partial charge in [0.15, 0.2) is 18.3 Å². The molecule has 0 saturated heterocycles. The van der Waals surface area contributed by atoms with E-state index < -0.39 is 0 Å². The van der Waals surface area contributed by atoms with Gasteiger partial charge in [-0.05, 0) is 30.0 Å². The average molecular weight is 336 g/mol. The fraction of sp³-hybridized carbons (Fsp3) is 0.333. The molecule has 4 nitrogen and oxygen atoms in total. The van der Waals surface area contributed by atoms with Gasteiger partial charge in [-0.15, -0.1) is 0 Å². The molecule has 0 spiro atoms. The first-order valence-corrected chi connectivity index (χ1v) is 7.26. The Bertz CT molecular complexity index is 620. The molecule has 0 N–H and O–H groups in total. The summed E-state index contributed by atoms with van der Waals surface area (Å²) in [4.78, 5) is 15.9. The summed E-state index contributed by atoms with van der Waals surface area (Å²) in [5.74, 6) is 1.26. The van der Waals surface area contributed by atoms with Gasteiger partial charge in [0.1, 0.15) is 0 Å². The van der Waals surface area contributed by atoms with Crippen LogP contribution in [0.1, 0.15) is 29.6 Å². The Morgan fingerprint density at radius 2 is 2.20 bits per heavy atom. The Hall–Kier alpha value is -1.62. The van der Waals surface area contributed by atoms with Crippen LogP contribution in [0.5, 0.6) is 0 Å². The van der Waals surface area contributed by atoms with Crippen molar-refractivity contribution < 1.29 is 13.9 Å². The SMILES string of the molecule is Cc1ncc(COC(=O)[C@@H]2C[C@H]2c2ccc(Br)cc2)o1. The summed E-state index contributed by atoms with van der Waals surface area (Å²) in [6.07, 6.45) is 2.44. The third-order valence-electron chi connectivity index (χ3n) is 3.42. The minimum Gasteiger partial charge on any atom is -0.457 e. The summed E-state index contributed by atoms with van der Waals surface area (Å²) in [6.45, 7) is 1.92. The van der Waals surface area contributed by atoms with Crippen molar-refractivity contribution in [2.75, 3.05) is 0 Å². The monoisotopic (exact) mass is 335 g/mol. The maximum atomic E-state index is 11.9. The van der Waals surface area contributed by atoms with Gasteiger partial charge in [0.05, 0.1) is 12.1 Å². The number of hydrogen-bond acceptors (Lipinski definition) is 4. The van der Waals surface area contributed by atoms with E-state index in [0.29, 0.717) is 11.7 Å². The standard InChI is InChI=1S/C15H14BrNO3/c1-9-17-7-12(20-9)8-19-15(18)14-6-13(14)10-2-4-11(16)5-3-10/h2-5,7,13-14H,6,8H2,1H3/t13-,14+/m0/s1. The first-order chi connectivity index (χ1) is 9.63. The summed E-state index contributed by atoms with van der Waals surface area (Å²) in [5, 5.41) is 0. The predicted octanol–water partition coefficient (Wildman–Crippen LogP) is 3.59. The Labute approximate surface area is 125 Å². The molecule has 0 unspecified atom stereocenters. The fourth-order valence-electron chi connectivity index (χ4n) is 2.26. The normalized spacial score (nSPS) is 20.7. The number of esters is 1. The van der Waals surface area contributed by atoms with Gasteiger partial charge in [-0.1, -0.05) is 28.1 Å². The smallest absolute Gasteiger partial charge is 0.310 e. The van der Waals surface area contributed by atoms with Crippen LogP contribution in [0.4, 0.5) is 0 Å². The van der Waals surface area contributed by atoms with Gasteiger partial charge in [-0.25, -0.2) is 4.98 Å². The lowest BCUT2D eigenvalue weighted by molar-refractivity contribution is -0.147. The highest BCUT2D eigenvalue weighted by atomic mass is 79.9. The number of benzene rings is 1. The molecule has 5 heteroatoms. The number of aromatic nitrogens is 1. The Morgan fingerprint density at radius 3 is 2.85 bits per heavy atom. The molecule has 104 valence electrons. The number of ether oxygens (including phenoxy) is 1. The van der Waals surface area contributed by atoms with E-state index in [2.05, 4.69) is 20.9 Å². The van der Waals surface area contributed by atoms with Crippen LogP contribution in [-0.4, -0.2) is 11.0 Å². The highest BCUT2D eigenvalue weighted by Gasteiger charge is 2.45. The van der Waals surface area contributed by atoms with Crippen molar-refractivity contribution in [2.24, 2.45) is 5.92 Å². The van der Waals surface area contributed by atoms with Crippen molar-refractivity contribution in [3.8, 4) is 0 Å². The van der Waals surface area contributed by atoms with Crippen molar-refractivity contribution in [3.63, 3.8) is 0 Å². The van der Waals surface area contributed by atoms with E-state index in [1.165, 1.54) is 5.56 Å². The molecule has 1 aromatic heterocycles. The van der Waals surface area contributed by atoms with Gasteiger partial charge in [-0.2, -0.15) is 0 Å². The Kier molecular flexibility index (Phi) is 3.61. The maximum absolute atomic E-state index is 11.9. The molecule has 1 aromatic carbocycles. The zero-order valence-electron chi connectivity index (χ0n) is 11.0. The summed E-state index contributed by atoms with van der Waals surface area (Å²) in [7, 11) is 0. The molecular formula is C15H14BrNO3. The molecule has 1 heterocycles. The lowest BCUT2D eigenvalue weighted by Gasteiger charge is -2.02. The summed E-state index contributed by atoms with van der Waals surface area (Å²) in [5.41, 5.74) is 1.19. The quantitative estimate of drug-likeness (QED) is 0.801. The van der Waals surface area contributed by atoms with E-state index in [1.54, 1.807) is 13.1 Å². The molecular weight excluding hydrogens is 322 g/mol. The number of halogens is 1. The molecule has 20 heavy (non-hydrogen) atoms. The minimum absolute atomic E-state index is 0.0276. The van der Waals surface area contributed by atoms with Crippen LogP contribution in [0, 0.1) is 12.8 Å². The molecule has 2 atom stereocenters. The molecule has 0 bridgehead atoms. The average Bonchev–Trinajstić information content (AvgIpc) is 3.13.